The first-order valence-electron chi connectivity index (χ1n) is 7.78. The molecule has 2 nitrogen and oxygen atoms in total. The van der Waals surface area contributed by atoms with Gasteiger partial charge in [0.15, 0.2) is 0 Å². The minimum absolute atomic E-state index is 0.515. The molecule has 0 bridgehead atoms. The monoisotopic (exact) mass is 261 g/mol. The van der Waals surface area contributed by atoms with E-state index in [1.54, 1.807) is 0 Å². The molecule has 19 heavy (non-hydrogen) atoms. The average molecular weight is 261 g/mol. The third-order valence-electron chi connectivity index (χ3n) is 4.16. The van der Waals surface area contributed by atoms with E-state index in [9.17, 15) is 5.11 Å². The van der Waals surface area contributed by atoms with Crippen molar-refractivity contribution in [1.29, 1.82) is 0 Å². The van der Waals surface area contributed by atoms with E-state index in [2.05, 4.69) is 24.8 Å². The highest BCUT2D eigenvalue weighted by atomic mass is 16.3. The van der Waals surface area contributed by atoms with Crippen LogP contribution in [0.3, 0.4) is 0 Å². The molecule has 0 aromatic rings. The lowest BCUT2D eigenvalue weighted by Gasteiger charge is -2.37. The van der Waals surface area contributed by atoms with Gasteiger partial charge in [0, 0.05) is 12.5 Å². The number of hydrogen-bond donors (Lipinski definition) is 1. The molecule has 1 N–H and O–H groups in total. The van der Waals surface area contributed by atoms with Crippen LogP contribution >= 0.6 is 0 Å². The molecule has 1 atom stereocenters. The standard InChI is InChI=1S/C17H27NO/c1-3-11-18(12-4-2)17-10-6-8-14-7-5-9-15(19)13-16(14)17/h5,7,9,17,19H,3-4,6,8,10-13H2,1-2H3. The van der Waals surface area contributed by atoms with Crippen LogP contribution in [0.2, 0.25) is 0 Å². The molecule has 2 aliphatic carbocycles. The molecular weight excluding hydrogens is 234 g/mol. The van der Waals surface area contributed by atoms with Gasteiger partial charge in [-0.2, -0.15) is 0 Å². The fourth-order valence-electron chi connectivity index (χ4n) is 3.39. The first-order valence-corrected chi connectivity index (χ1v) is 7.78. The van der Waals surface area contributed by atoms with Crippen molar-refractivity contribution in [3.05, 3.63) is 35.1 Å². The van der Waals surface area contributed by atoms with E-state index in [-0.39, 0.29) is 0 Å². The van der Waals surface area contributed by atoms with Gasteiger partial charge in [-0.15, -0.1) is 0 Å². The predicted molar refractivity (Wildman–Crippen MR) is 81.3 cm³/mol. The van der Waals surface area contributed by atoms with E-state index in [0.29, 0.717) is 11.8 Å². The smallest absolute Gasteiger partial charge is 0.0963 e. The van der Waals surface area contributed by atoms with Crippen molar-refractivity contribution in [3.63, 3.8) is 0 Å². The summed E-state index contributed by atoms with van der Waals surface area (Å²) < 4.78 is 0. The lowest BCUT2D eigenvalue weighted by Crippen LogP contribution is -2.39. The highest BCUT2D eigenvalue weighted by Gasteiger charge is 2.27. The van der Waals surface area contributed by atoms with Crippen LogP contribution in [0.25, 0.3) is 0 Å². The lowest BCUT2D eigenvalue weighted by molar-refractivity contribution is 0.199. The van der Waals surface area contributed by atoms with Gasteiger partial charge >= 0.3 is 0 Å². The zero-order valence-electron chi connectivity index (χ0n) is 12.4. The number of rotatable bonds is 5. The van der Waals surface area contributed by atoms with E-state index < -0.39 is 0 Å². The van der Waals surface area contributed by atoms with Gasteiger partial charge in [-0.25, -0.2) is 0 Å². The Hall–Kier alpha value is -1.02. The SMILES string of the molecule is CCCN(CCC)C1CCCC2=C1CC(O)=CC=C2. The van der Waals surface area contributed by atoms with E-state index in [4.69, 9.17) is 0 Å². The molecular formula is C17H27NO. The van der Waals surface area contributed by atoms with Crippen LogP contribution in [0.5, 0.6) is 0 Å². The largest absolute Gasteiger partial charge is 0.512 e. The number of hydrogen-bond acceptors (Lipinski definition) is 2. The molecule has 2 heteroatoms. The summed E-state index contributed by atoms with van der Waals surface area (Å²) in [6, 6.07) is 0.543. The Morgan fingerprint density at radius 1 is 1.26 bits per heavy atom. The number of aliphatic hydroxyl groups is 1. The molecule has 0 aromatic heterocycles. The quantitative estimate of drug-likeness (QED) is 0.795. The van der Waals surface area contributed by atoms with Gasteiger partial charge in [0.05, 0.1) is 5.76 Å². The first kappa shape index (κ1) is 14.4. The van der Waals surface area contributed by atoms with Gasteiger partial charge in [0.1, 0.15) is 0 Å². The molecule has 0 aromatic carbocycles. The Kier molecular flexibility index (Phi) is 5.26. The van der Waals surface area contributed by atoms with Gasteiger partial charge in [-0.1, -0.05) is 26.0 Å². The summed E-state index contributed by atoms with van der Waals surface area (Å²) in [5.74, 6) is 0.515. The van der Waals surface area contributed by atoms with Gasteiger partial charge in [-0.3, -0.25) is 4.90 Å². The maximum absolute atomic E-state index is 9.94. The van der Waals surface area contributed by atoms with E-state index in [1.807, 2.05) is 12.2 Å². The summed E-state index contributed by atoms with van der Waals surface area (Å²) >= 11 is 0. The van der Waals surface area contributed by atoms with Crippen molar-refractivity contribution in [3.8, 4) is 0 Å². The summed E-state index contributed by atoms with van der Waals surface area (Å²) in [5, 5.41) is 9.94. The molecule has 2 rings (SSSR count). The summed E-state index contributed by atoms with van der Waals surface area (Å²) in [5.41, 5.74) is 2.93. The molecule has 0 spiro atoms. The predicted octanol–water partition coefficient (Wildman–Crippen LogP) is 4.36. The third-order valence-corrected chi connectivity index (χ3v) is 4.16. The van der Waals surface area contributed by atoms with E-state index >= 15 is 0 Å². The molecule has 0 amide bonds. The van der Waals surface area contributed by atoms with Crippen LogP contribution in [-0.2, 0) is 0 Å². The number of aliphatic hydroxyl groups excluding tert-OH is 1. The van der Waals surface area contributed by atoms with Gasteiger partial charge in [0.25, 0.3) is 0 Å². The number of allylic oxidation sites excluding steroid dienone is 5. The third kappa shape index (κ3) is 3.50. The molecule has 0 heterocycles. The zero-order valence-corrected chi connectivity index (χ0v) is 12.4. The lowest BCUT2D eigenvalue weighted by atomic mass is 9.84. The molecule has 0 fully saturated rings. The van der Waals surface area contributed by atoms with Crippen LogP contribution in [0, 0.1) is 0 Å². The van der Waals surface area contributed by atoms with Crippen LogP contribution < -0.4 is 0 Å². The topological polar surface area (TPSA) is 23.5 Å². The molecule has 106 valence electrons. The molecule has 0 saturated carbocycles. The summed E-state index contributed by atoms with van der Waals surface area (Å²) in [6.45, 7) is 6.85. The second-order valence-corrected chi connectivity index (χ2v) is 5.69. The molecule has 2 aliphatic rings. The van der Waals surface area contributed by atoms with Crippen molar-refractivity contribution < 1.29 is 5.11 Å². The minimum atomic E-state index is 0.515. The second-order valence-electron chi connectivity index (χ2n) is 5.69. The fourth-order valence-corrected chi connectivity index (χ4v) is 3.39. The molecule has 0 saturated heterocycles. The van der Waals surface area contributed by atoms with Crippen LogP contribution in [0.15, 0.2) is 35.1 Å². The van der Waals surface area contributed by atoms with E-state index in [1.165, 1.54) is 56.3 Å². The highest BCUT2D eigenvalue weighted by molar-refractivity contribution is 5.38. The maximum atomic E-state index is 9.94. The van der Waals surface area contributed by atoms with Gasteiger partial charge < -0.3 is 5.11 Å². The summed E-state index contributed by atoms with van der Waals surface area (Å²) in [4.78, 5) is 2.63. The van der Waals surface area contributed by atoms with Crippen molar-refractivity contribution in [2.24, 2.45) is 0 Å². The Morgan fingerprint density at radius 2 is 2.00 bits per heavy atom. The van der Waals surface area contributed by atoms with Gasteiger partial charge in [-0.05, 0) is 62.4 Å². The van der Waals surface area contributed by atoms with Crippen molar-refractivity contribution in [2.45, 2.75) is 58.4 Å². The molecule has 0 radical (unpaired) electrons. The summed E-state index contributed by atoms with van der Waals surface area (Å²) in [6.07, 6.45) is 12.9. The highest BCUT2D eigenvalue weighted by Crippen LogP contribution is 2.34. The summed E-state index contributed by atoms with van der Waals surface area (Å²) in [7, 11) is 0. The van der Waals surface area contributed by atoms with Crippen LogP contribution in [0.1, 0.15) is 52.4 Å². The first-order chi connectivity index (χ1) is 9.26. The van der Waals surface area contributed by atoms with Crippen LogP contribution in [-0.4, -0.2) is 29.1 Å². The Balaban J connectivity index is 2.23. The Labute approximate surface area is 117 Å². The molecule has 0 aliphatic heterocycles. The average Bonchev–Trinajstić information content (AvgIpc) is 2.59. The Bertz CT molecular complexity index is 386. The Morgan fingerprint density at radius 3 is 2.68 bits per heavy atom. The van der Waals surface area contributed by atoms with Gasteiger partial charge in [0.2, 0.25) is 0 Å². The molecule has 1 unspecified atom stereocenters. The van der Waals surface area contributed by atoms with E-state index in [0.717, 1.165) is 6.42 Å². The van der Waals surface area contributed by atoms with Crippen molar-refractivity contribution >= 4 is 0 Å². The van der Waals surface area contributed by atoms with Crippen molar-refractivity contribution in [2.75, 3.05) is 13.1 Å². The second kappa shape index (κ2) is 6.95. The maximum Gasteiger partial charge on any atom is 0.0963 e. The fraction of sp³-hybridized carbons (Fsp3) is 0.647. The van der Waals surface area contributed by atoms with Crippen LogP contribution in [0.4, 0.5) is 0 Å². The van der Waals surface area contributed by atoms with Crippen molar-refractivity contribution in [1.82, 2.24) is 4.90 Å². The normalized spacial score (nSPS) is 23.3. The number of nitrogens with zero attached hydrogens (tertiary/aromatic N) is 1. The minimum Gasteiger partial charge on any atom is -0.512 e. The zero-order chi connectivity index (χ0) is 13.7.